The van der Waals surface area contributed by atoms with Crippen molar-refractivity contribution in [2.24, 2.45) is 0 Å². The van der Waals surface area contributed by atoms with Crippen LogP contribution in [0.2, 0.25) is 0 Å². The van der Waals surface area contributed by atoms with E-state index < -0.39 is 46.7 Å². The van der Waals surface area contributed by atoms with Gasteiger partial charge in [0.2, 0.25) is 0 Å². The molecule has 5 nitrogen and oxygen atoms in total. The van der Waals surface area contributed by atoms with Gasteiger partial charge in [0.15, 0.2) is 17.0 Å². The number of rotatable bonds is 3. The number of carbonyl (C=O) groups is 1. The Morgan fingerprint density at radius 1 is 0.879 bits per heavy atom. The molecule has 0 aliphatic rings. The molecule has 0 spiro atoms. The summed E-state index contributed by atoms with van der Waals surface area (Å²) >= 11 is 0. The van der Waals surface area contributed by atoms with Gasteiger partial charge in [0, 0.05) is 11.6 Å². The van der Waals surface area contributed by atoms with Gasteiger partial charge in [-0.15, -0.1) is 0 Å². The zero-order valence-corrected chi connectivity index (χ0v) is 16.2. The van der Waals surface area contributed by atoms with E-state index in [4.69, 9.17) is 0 Å². The second kappa shape index (κ2) is 7.87. The molecule has 1 amide bonds. The summed E-state index contributed by atoms with van der Waals surface area (Å²) in [7, 11) is 0. The third-order valence-corrected chi connectivity index (χ3v) is 4.57. The number of para-hydroxylation sites is 1. The van der Waals surface area contributed by atoms with Crippen LogP contribution in [0.3, 0.4) is 0 Å². The van der Waals surface area contributed by atoms with Gasteiger partial charge in [-0.1, -0.05) is 12.1 Å². The van der Waals surface area contributed by atoms with Gasteiger partial charge in [0.25, 0.3) is 5.91 Å². The van der Waals surface area contributed by atoms with E-state index in [2.05, 4.69) is 10.1 Å². The number of amides is 1. The smallest absolute Gasteiger partial charge is 0.320 e. The maximum absolute atomic E-state index is 13.6. The average molecular weight is 468 g/mol. The molecule has 0 unspecified atom stereocenters. The molecule has 4 rings (SSSR count). The minimum atomic E-state index is -4.90. The minimum Gasteiger partial charge on any atom is -0.320 e. The topological polar surface area (TPSA) is 59.3 Å². The molecule has 0 saturated carbocycles. The van der Waals surface area contributed by atoms with Crippen LogP contribution in [-0.4, -0.2) is 20.5 Å². The van der Waals surface area contributed by atoms with Crippen LogP contribution in [0.25, 0.3) is 16.9 Å². The van der Waals surface area contributed by atoms with Gasteiger partial charge < -0.3 is 5.32 Å². The number of nitrogens with one attached hydrogen (secondary N) is 1. The Morgan fingerprint density at radius 3 is 2.18 bits per heavy atom. The van der Waals surface area contributed by atoms with Gasteiger partial charge in [-0.2, -0.15) is 31.4 Å². The monoisotopic (exact) mass is 468 g/mol. The first-order chi connectivity index (χ1) is 15.4. The summed E-state index contributed by atoms with van der Waals surface area (Å²) in [5.74, 6) is -1.76. The van der Waals surface area contributed by atoms with Crippen molar-refractivity contribution in [2.75, 3.05) is 5.32 Å². The lowest BCUT2D eigenvalue weighted by Gasteiger charge is -2.12. The van der Waals surface area contributed by atoms with E-state index in [1.165, 1.54) is 18.2 Å². The highest BCUT2D eigenvalue weighted by Crippen LogP contribution is 2.35. The first-order valence-electron chi connectivity index (χ1n) is 9.15. The van der Waals surface area contributed by atoms with E-state index in [1.54, 1.807) is 0 Å². The fourth-order valence-corrected chi connectivity index (χ4v) is 3.08. The minimum absolute atomic E-state index is 0.163. The van der Waals surface area contributed by atoms with Gasteiger partial charge in [-0.3, -0.25) is 4.79 Å². The summed E-state index contributed by atoms with van der Waals surface area (Å²) in [5, 5.41) is 5.62. The third kappa shape index (κ3) is 4.49. The van der Waals surface area contributed by atoms with Gasteiger partial charge >= 0.3 is 12.4 Å². The first-order valence-corrected chi connectivity index (χ1v) is 9.15. The average Bonchev–Trinajstić information content (AvgIpc) is 3.17. The van der Waals surface area contributed by atoms with Crippen LogP contribution < -0.4 is 5.32 Å². The largest absolute Gasteiger partial charge is 0.433 e. The Labute approximate surface area is 180 Å². The highest BCUT2D eigenvalue weighted by Gasteiger charge is 2.36. The van der Waals surface area contributed by atoms with Crippen molar-refractivity contribution in [3.05, 3.63) is 83.4 Å². The zero-order chi connectivity index (χ0) is 24.0. The fraction of sp³-hybridized carbons (Fsp3) is 0.0952. The Balaban J connectivity index is 1.78. The molecule has 0 aliphatic carbocycles. The van der Waals surface area contributed by atoms with Crippen LogP contribution in [0, 0.1) is 5.82 Å². The Morgan fingerprint density at radius 2 is 1.55 bits per heavy atom. The summed E-state index contributed by atoms with van der Waals surface area (Å²) < 4.78 is 93.9. The van der Waals surface area contributed by atoms with Crippen LogP contribution in [-0.2, 0) is 12.4 Å². The first kappa shape index (κ1) is 22.2. The lowest BCUT2D eigenvalue weighted by molar-refractivity contribution is -0.142. The van der Waals surface area contributed by atoms with Gasteiger partial charge in [0.05, 0.1) is 16.9 Å². The molecular weight excluding hydrogens is 457 g/mol. The van der Waals surface area contributed by atoms with Crippen molar-refractivity contribution >= 4 is 17.2 Å². The molecule has 4 aromatic rings. The van der Waals surface area contributed by atoms with E-state index in [0.29, 0.717) is 10.6 Å². The second-order valence-electron chi connectivity index (χ2n) is 6.83. The number of carbonyl (C=O) groups excluding carboxylic acids is 1. The van der Waals surface area contributed by atoms with Gasteiger partial charge in [0.1, 0.15) is 5.82 Å². The van der Waals surface area contributed by atoms with E-state index in [0.717, 1.165) is 36.4 Å². The normalized spacial score (nSPS) is 12.2. The van der Waals surface area contributed by atoms with Crippen molar-refractivity contribution in [1.29, 1.82) is 0 Å². The van der Waals surface area contributed by atoms with Crippen LogP contribution in [0.5, 0.6) is 0 Å². The summed E-state index contributed by atoms with van der Waals surface area (Å²) in [6, 6.07) is 10.3. The summed E-state index contributed by atoms with van der Waals surface area (Å²) in [6.07, 6.45) is -9.67. The van der Waals surface area contributed by atoms with Crippen molar-refractivity contribution in [3.8, 4) is 11.3 Å². The van der Waals surface area contributed by atoms with Crippen molar-refractivity contribution in [2.45, 2.75) is 12.4 Å². The molecule has 0 saturated heterocycles. The van der Waals surface area contributed by atoms with Crippen LogP contribution in [0.4, 0.5) is 36.4 Å². The summed E-state index contributed by atoms with van der Waals surface area (Å²) in [6.45, 7) is 0. The Hall–Kier alpha value is -3.96. The maximum atomic E-state index is 13.6. The maximum Gasteiger partial charge on any atom is 0.433 e. The number of anilines is 1. The predicted octanol–water partition coefficient (Wildman–Crippen LogP) is 5.83. The van der Waals surface area contributed by atoms with Crippen molar-refractivity contribution in [1.82, 2.24) is 14.6 Å². The van der Waals surface area contributed by atoms with Gasteiger partial charge in [-0.25, -0.2) is 13.9 Å². The fourth-order valence-electron chi connectivity index (χ4n) is 3.08. The molecular formula is C21H11F7N4O. The number of alkyl halides is 6. The molecule has 2 aromatic heterocycles. The molecule has 2 aromatic carbocycles. The molecule has 170 valence electrons. The SMILES string of the molecule is O=C(Nc1ccccc1C(F)(F)F)c1cc2nc(-c3ccc(F)cc3)cc(C(F)(F)F)n2n1. The van der Waals surface area contributed by atoms with E-state index in [-0.39, 0.29) is 16.9 Å². The van der Waals surface area contributed by atoms with E-state index >= 15 is 0 Å². The number of hydrogen-bond acceptors (Lipinski definition) is 3. The molecule has 12 heteroatoms. The Bertz CT molecular complexity index is 1340. The number of hydrogen-bond donors (Lipinski definition) is 1. The lowest BCUT2D eigenvalue weighted by Crippen LogP contribution is -2.18. The van der Waals surface area contributed by atoms with Crippen LogP contribution in [0.15, 0.2) is 60.7 Å². The molecule has 0 atom stereocenters. The van der Waals surface area contributed by atoms with Crippen LogP contribution >= 0.6 is 0 Å². The number of halogens is 7. The predicted molar refractivity (Wildman–Crippen MR) is 103 cm³/mol. The summed E-state index contributed by atoms with van der Waals surface area (Å²) in [5.41, 5.74) is -3.93. The standard InChI is InChI=1S/C21H11F7N4O/c22-12-7-5-11(6-8-12)15-9-17(21(26,27)28)32-18(29-15)10-16(31-32)19(33)30-14-4-2-1-3-13(14)20(23,24)25/h1-10H,(H,30,33). The Kier molecular flexibility index (Phi) is 5.30. The van der Waals surface area contributed by atoms with E-state index in [9.17, 15) is 35.5 Å². The molecule has 1 N–H and O–H groups in total. The second-order valence-corrected chi connectivity index (χ2v) is 6.83. The number of benzene rings is 2. The lowest BCUT2D eigenvalue weighted by atomic mass is 10.1. The number of nitrogens with zero attached hydrogens (tertiary/aromatic N) is 3. The van der Waals surface area contributed by atoms with E-state index in [1.807, 2.05) is 5.32 Å². The molecule has 0 bridgehead atoms. The highest BCUT2D eigenvalue weighted by molar-refractivity contribution is 6.04. The molecule has 0 aliphatic heterocycles. The van der Waals surface area contributed by atoms with Crippen molar-refractivity contribution in [3.63, 3.8) is 0 Å². The molecule has 33 heavy (non-hydrogen) atoms. The summed E-state index contributed by atoms with van der Waals surface area (Å²) in [4.78, 5) is 16.5. The van der Waals surface area contributed by atoms with Gasteiger partial charge in [-0.05, 0) is 42.5 Å². The third-order valence-electron chi connectivity index (χ3n) is 4.57. The molecule has 0 fully saturated rings. The highest BCUT2D eigenvalue weighted by atomic mass is 19.4. The zero-order valence-electron chi connectivity index (χ0n) is 16.2. The number of fused-ring (bicyclic) bond motifs is 1. The van der Waals surface area contributed by atoms with Crippen molar-refractivity contribution < 1.29 is 35.5 Å². The molecule has 2 heterocycles. The quantitative estimate of drug-likeness (QED) is 0.385. The van der Waals surface area contributed by atoms with Crippen LogP contribution in [0.1, 0.15) is 21.7 Å². The number of aromatic nitrogens is 3. The molecule has 0 radical (unpaired) electrons.